The number of methoxy groups -OCH3 is 1. The van der Waals surface area contributed by atoms with Crippen LogP contribution in [-0.4, -0.2) is 17.1 Å². The lowest BCUT2D eigenvalue weighted by molar-refractivity contribution is 0.180. The number of hydrogen-bond acceptors (Lipinski definition) is 4. The zero-order chi connectivity index (χ0) is 13.3. The lowest BCUT2D eigenvalue weighted by atomic mass is 10.3. The molecule has 96 valence electrons. The van der Waals surface area contributed by atoms with Gasteiger partial charge in [-0.1, -0.05) is 0 Å². The third kappa shape index (κ3) is 2.86. The van der Waals surface area contributed by atoms with Gasteiger partial charge >= 0.3 is 0 Å². The fourth-order valence-corrected chi connectivity index (χ4v) is 2.31. The SMILES string of the molecule is COCc1nc(-c2cc(Br)c(Br)o2)[nH]c(=O)c1I. The van der Waals surface area contributed by atoms with Crippen molar-refractivity contribution in [3.8, 4) is 11.6 Å². The van der Waals surface area contributed by atoms with Gasteiger partial charge in [0.1, 0.15) is 3.57 Å². The Labute approximate surface area is 133 Å². The highest BCUT2D eigenvalue weighted by atomic mass is 127. The van der Waals surface area contributed by atoms with Gasteiger partial charge in [0.05, 0.1) is 16.8 Å². The number of nitrogens with zero attached hydrogens (tertiary/aromatic N) is 1. The van der Waals surface area contributed by atoms with Gasteiger partial charge in [0.25, 0.3) is 5.56 Å². The Balaban J connectivity index is 2.55. The van der Waals surface area contributed by atoms with Crippen molar-refractivity contribution in [1.29, 1.82) is 0 Å². The molecule has 5 nitrogen and oxygen atoms in total. The van der Waals surface area contributed by atoms with E-state index in [4.69, 9.17) is 9.15 Å². The van der Waals surface area contributed by atoms with Crippen LogP contribution >= 0.6 is 54.5 Å². The van der Waals surface area contributed by atoms with Crippen LogP contribution < -0.4 is 5.56 Å². The molecule has 0 aromatic carbocycles. The van der Waals surface area contributed by atoms with Gasteiger partial charge in [-0.15, -0.1) is 0 Å². The molecule has 0 bridgehead atoms. The molecular formula is C10H7Br2IN2O3. The van der Waals surface area contributed by atoms with E-state index in [1.165, 1.54) is 0 Å². The second kappa shape index (κ2) is 5.85. The molecule has 0 aliphatic rings. The fourth-order valence-electron chi connectivity index (χ4n) is 1.32. The molecule has 0 radical (unpaired) electrons. The number of nitrogens with one attached hydrogen (secondary N) is 1. The summed E-state index contributed by atoms with van der Waals surface area (Å²) in [6, 6.07) is 1.73. The van der Waals surface area contributed by atoms with E-state index in [-0.39, 0.29) is 12.2 Å². The van der Waals surface area contributed by atoms with Crippen molar-refractivity contribution in [1.82, 2.24) is 9.97 Å². The van der Waals surface area contributed by atoms with Crippen molar-refractivity contribution in [2.24, 2.45) is 0 Å². The minimum atomic E-state index is -0.212. The minimum Gasteiger partial charge on any atom is -0.445 e. The number of aromatic nitrogens is 2. The van der Waals surface area contributed by atoms with E-state index >= 15 is 0 Å². The standard InChI is InChI=1S/C10H7Br2IN2O3/c1-17-3-5-7(13)10(16)15-9(14-5)6-2-4(11)8(12)18-6/h2H,3H2,1H3,(H,14,15,16). The van der Waals surface area contributed by atoms with E-state index in [1.54, 1.807) is 13.2 Å². The van der Waals surface area contributed by atoms with Crippen molar-refractivity contribution in [2.75, 3.05) is 7.11 Å². The Morgan fingerprint density at radius 1 is 1.56 bits per heavy atom. The summed E-state index contributed by atoms with van der Waals surface area (Å²) in [6.45, 7) is 0.276. The van der Waals surface area contributed by atoms with Crippen LogP contribution in [-0.2, 0) is 11.3 Å². The van der Waals surface area contributed by atoms with Gasteiger partial charge in [0.2, 0.25) is 0 Å². The maximum atomic E-state index is 11.8. The summed E-state index contributed by atoms with van der Waals surface area (Å²) < 4.78 is 12.3. The van der Waals surface area contributed by atoms with Crippen LogP contribution in [0.2, 0.25) is 0 Å². The first-order chi connectivity index (χ1) is 8.52. The Morgan fingerprint density at radius 3 is 2.83 bits per heavy atom. The van der Waals surface area contributed by atoms with Crippen LogP contribution in [0.3, 0.4) is 0 Å². The number of furan rings is 1. The third-order valence-corrected chi connectivity index (χ3v) is 4.91. The third-order valence-electron chi connectivity index (χ3n) is 2.09. The Hall–Kier alpha value is -0.190. The van der Waals surface area contributed by atoms with Crippen molar-refractivity contribution >= 4 is 54.5 Å². The first-order valence-electron chi connectivity index (χ1n) is 4.75. The molecule has 0 fully saturated rings. The molecule has 2 rings (SSSR count). The molecule has 0 amide bonds. The van der Waals surface area contributed by atoms with Crippen LogP contribution in [0.15, 0.2) is 24.4 Å². The van der Waals surface area contributed by atoms with E-state index in [1.807, 2.05) is 22.6 Å². The normalized spacial score (nSPS) is 10.9. The number of halogens is 3. The zero-order valence-electron chi connectivity index (χ0n) is 9.09. The average molecular weight is 490 g/mol. The summed E-state index contributed by atoms with van der Waals surface area (Å²) in [4.78, 5) is 18.8. The first-order valence-corrected chi connectivity index (χ1v) is 7.42. The van der Waals surface area contributed by atoms with E-state index in [0.29, 0.717) is 25.5 Å². The molecule has 2 aromatic rings. The van der Waals surface area contributed by atoms with Gasteiger partial charge in [-0.05, 0) is 54.5 Å². The lowest BCUT2D eigenvalue weighted by Crippen LogP contribution is -2.16. The van der Waals surface area contributed by atoms with Crippen LogP contribution in [0.5, 0.6) is 0 Å². The van der Waals surface area contributed by atoms with Crippen LogP contribution in [0.25, 0.3) is 11.6 Å². The lowest BCUT2D eigenvalue weighted by Gasteiger charge is -2.03. The summed E-state index contributed by atoms with van der Waals surface area (Å²) in [6.07, 6.45) is 0. The molecule has 0 aliphatic heterocycles. The summed E-state index contributed by atoms with van der Waals surface area (Å²) >= 11 is 8.49. The van der Waals surface area contributed by atoms with Gasteiger partial charge in [0.15, 0.2) is 16.3 Å². The Morgan fingerprint density at radius 2 is 2.28 bits per heavy atom. The van der Waals surface area contributed by atoms with E-state index in [0.717, 1.165) is 4.47 Å². The van der Waals surface area contributed by atoms with Gasteiger partial charge in [-0.2, -0.15) is 0 Å². The highest BCUT2D eigenvalue weighted by Gasteiger charge is 2.14. The number of aromatic amines is 1. The summed E-state index contributed by atoms with van der Waals surface area (Å²) in [5.41, 5.74) is 0.372. The minimum absolute atomic E-state index is 0.212. The largest absolute Gasteiger partial charge is 0.445 e. The maximum Gasteiger partial charge on any atom is 0.265 e. The van der Waals surface area contributed by atoms with Crippen LogP contribution in [0.1, 0.15) is 5.69 Å². The highest BCUT2D eigenvalue weighted by Crippen LogP contribution is 2.31. The zero-order valence-corrected chi connectivity index (χ0v) is 14.4. The van der Waals surface area contributed by atoms with E-state index in [2.05, 4.69) is 41.8 Å². The van der Waals surface area contributed by atoms with Gasteiger partial charge < -0.3 is 14.1 Å². The molecule has 0 atom stereocenters. The smallest absolute Gasteiger partial charge is 0.265 e. The second-order valence-corrected chi connectivity index (χ2v) is 5.99. The summed E-state index contributed by atoms with van der Waals surface area (Å²) in [5, 5.41) is 0. The van der Waals surface area contributed by atoms with Gasteiger partial charge in [-0.3, -0.25) is 4.79 Å². The molecule has 0 saturated carbocycles. The first kappa shape index (κ1) is 14.2. The molecule has 1 N–H and O–H groups in total. The number of rotatable bonds is 3. The number of hydrogen-bond donors (Lipinski definition) is 1. The molecule has 2 heterocycles. The van der Waals surface area contributed by atoms with Crippen molar-refractivity contribution in [3.05, 3.63) is 34.8 Å². The second-order valence-electron chi connectivity index (χ2n) is 3.34. The van der Waals surface area contributed by atoms with Crippen molar-refractivity contribution < 1.29 is 9.15 Å². The van der Waals surface area contributed by atoms with Crippen LogP contribution in [0, 0.1) is 3.57 Å². The Kier molecular flexibility index (Phi) is 4.62. The molecule has 0 aliphatic carbocycles. The van der Waals surface area contributed by atoms with E-state index < -0.39 is 0 Å². The van der Waals surface area contributed by atoms with Crippen LogP contribution in [0.4, 0.5) is 0 Å². The molecule has 2 aromatic heterocycles. The van der Waals surface area contributed by atoms with Gasteiger partial charge in [-0.25, -0.2) is 4.98 Å². The molecule has 18 heavy (non-hydrogen) atoms. The Bertz CT molecular complexity index is 619. The molecule has 8 heteroatoms. The van der Waals surface area contributed by atoms with Gasteiger partial charge in [0, 0.05) is 13.2 Å². The predicted molar refractivity (Wildman–Crippen MR) is 81.4 cm³/mol. The fraction of sp³-hybridized carbons (Fsp3) is 0.200. The number of ether oxygens (including phenoxy) is 1. The predicted octanol–water partition coefficient (Wildman–Crippen LogP) is 3.31. The molecule has 0 spiro atoms. The monoisotopic (exact) mass is 488 g/mol. The average Bonchev–Trinajstić information content (AvgIpc) is 2.65. The van der Waals surface area contributed by atoms with E-state index in [9.17, 15) is 4.79 Å². The number of H-pyrrole nitrogens is 1. The highest BCUT2D eigenvalue weighted by molar-refractivity contribution is 14.1. The summed E-state index contributed by atoms with van der Waals surface area (Å²) in [5.74, 6) is 0.846. The maximum absolute atomic E-state index is 11.8. The molecular weight excluding hydrogens is 483 g/mol. The van der Waals surface area contributed by atoms with Crippen molar-refractivity contribution in [2.45, 2.75) is 6.61 Å². The summed E-state index contributed by atoms with van der Waals surface area (Å²) in [7, 11) is 1.55. The molecule has 0 unspecified atom stereocenters. The quantitative estimate of drug-likeness (QED) is 0.672. The molecule has 0 saturated heterocycles. The topological polar surface area (TPSA) is 68.1 Å². The van der Waals surface area contributed by atoms with Crippen molar-refractivity contribution in [3.63, 3.8) is 0 Å².